The van der Waals surface area contributed by atoms with E-state index in [4.69, 9.17) is 10.5 Å². The van der Waals surface area contributed by atoms with Crippen LogP contribution in [0.1, 0.15) is 40.5 Å². The molecule has 4 heteroatoms. The van der Waals surface area contributed by atoms with Crippen LogP contribution in [-0.4, -0.2) is 30.7 Å². The van der Waals surface area contributed by atoms with Crippen LogP contribution in [0.4, 0.5) is 0 Å². The van der Waals surface area contributed by atoms with Crippen LogP contribution >= 0.6 is 0 Å². The highest BCUT2D eigenvalue weighted by atomic mass is 16.5. The molecule has 104 valence electrons. The number of fused-ring (bicyclic) bond motifs is 1. The van der Waals surface area contributed by atoms with Crippen LogP contribution in [0.25, 0.3) is 0 Å². The highest BCUT2D eigenvalue weighted by molar-refractivity contribution is 5.89. The summed E-state index contributed by atoms with van der Waals surface area (Å²) in [7, 11) is 0. The molecule has 4 nitrogen and oxygen atoms in total. The maximum Gasteiger partial charge on any atom is 0.241 e. The molecule has 1 saturated heterocycles. The molecule has 1 amide bonds. The van der Waals surface area contributed by atoms with Crippen LogP contribution < -0.4 is 11.1 Å². The van der Waals surface area contributed by atoms with Gasteiger partial charge in [0.1, 0.15) is 5.54 Å². The van der Waals surface area contributed by atoms with Gasteiger partial charge in [0.2, 0.25) is 5.91 Å². The molecule has 3 N–H and O–H groups in total. The van der Waals surface area contributed by atoms with Gasteiger partial charge in [0, 0.05) is 24.5 Å². The minimum atomic E-state index is -0.771. The van der Waals surface area contributed by atoms with E-state index in [0.717, 1.165) is 19.4 Å². The molecule has 2 aliphatic rings. The molecule has 1 heterocycles. The van der Waals surface area contributed by atoms with Crippen LogP contribution in [0.15, 0.2) is 0 Å². The molecule has 1 saturated carbocycles. The maximum absolute atomic E-state index is 12.4. The molecule has 0 aromatic heterocycles. The molecule has 2 rings (SSSR count). The number of rotatable bonds is 3. The standard InChI is InChI=1S/C14H26N2O2/c1-9(2)8-16-12(17)14(15)10-6-5-7-18-11(10)13(14,3)4/h9-11H,5-8,15H2,1-4H3,(H,16,17). The van der Waals surface area contributed by atoms with E-state index in [-0.39, 0.29) is 23.3 Å². The fraction of sp³-hybridized carbons (Fsp3) is 0.929. The summed E-state index contributed by atoms with van der Waals surface area (Å²) >= 11 is 0. The SMILES string of the molecule is CC(C)CNC(=O)C1(N)C2CCCOC2C1(C)C. The van der Waals surface area contributed by atoms with E-state index in [1.807, 2.05) is 0 Å². The molecule has 0 spiro atoms. The van der Waals surface area contributed by atoms with Crippen LogP contribution in [0.2, 0.25) is 0 Å². The number of nitrogens with one attached hydrogen (secondary N) is 1. The van der Waals surface area contributed by atoms with Crippen molar-refractivity contribution in [2.45, 2.75) is 52.2 Å². The predicted molar refractivity (Wildman–Crippen MR) is 71.0 cm³/mol. The summed E-state index contributed by atoms with van der Waals surface area (Å²) in [5.74, 6) is 0.612. The van der Waals surface area contributed by atoms with Gasteiger partial charge in [0.15, 0.2) is 0 Å². The molecule has 3 unspecified atom stereocenters. The lowest BCUT2D eigenvalue weighted by Gasteiger charge is -2.65. The third-order valence-corrected chi connectivity index (χ3v) is 4.73. The topological polar surface area (TPSA) is 64.4 Å². The Morgan fingerprint density at radius 3 is 2.78 bits per heavy atom. The van der Waals surface area contributed by atoms with Crippen molar-refractivity contribution in [3.63, 3.8) is 0 Å². The van der Waals surface area contributed by atoms with E-state index in [1.165, 1.54) is 0 Å². The van der Waals surface area contributed by atoms with Gasteiger partial charge in [0.25, 0.3) is 0 Å². The molecule has 2 fully saturated rings. The van der Waals surface area contributed by atoms with E-state index < -0.39 is 5.54 Å². The minimum Gasteiger partial charge on any atom is -0.377 e. The number of nitrogens with two attached hydrogens (primary N) is 1. The summed E-state index contributed by atoms with van der Waals surface area (Å²) in [5, 5.41) is 2.99. The second-order valence-electron chi connectivity index (χ2n) is 6.73. The van der Waals surface area contributed by atoms with E-state index in [2.05, 4.69) is 33.0 Å². The number of carbonyl (C=O) groups excluding carboxylic acids is 1. The minimum absolute atomic E-state index is 0.00653. The summed E-state index contributed by atoms with van der Waals surface area (Å²) in [6.07, 6.45) is 2.15. The van der Waals surface area contributed by atoms with Gasteiger partial charge >= 0.3 is 0 Å². The van der Waals surface area contributed by atoms with E-state index in [1.54, 1.807) is 0 Å². The highest BCUT2D eigenvalue weighted by Gasteiger charge is 2.70. The Bertz CT molecular complexity index is 341. The molecular formula is C14H26N2O2. The Labute approximate surface area is 110 Å². The van der Waals surface area contributed by atoms with Crippen molar-refractivity contribution < 1.29 is 9.53 Å². The maximum atomic E-state index is 12.4. The van der Waals surface area contributed by atoms with Crippen molar-refractivity contribution in [3.8, 4) is 0 Å². The van der Waals surface area contributed by atoms with Gasteiger partial charge in [-0.1, -0.05) is 27.7 Å². The van der Waals surface area contributed by atoms with Gasteiger partial charge in [-0.3, -0.25) is 4.79 Å². The van der Waals surface area contributed by atoms with Gasteiger partial charge in [0.05, 0.1) is 6.10 Å². The second kappa shape index (κ2) is 4.49. The number of carbonyl (C=O) groups is 1. The molecule has 0 radical (unpaired) electrons. The first-order chi connectivity index (χ1) is 8.31. The van der Waals surface area contributed by atoms with E-state index in [0.29, 0.717) is 12.5 Å². The normalized spacial score (nSPS) is 37.9. The number of hydrogen-bond acceptors (Lipinski definition) is 3. The van der Waals surface area contributed by atoms with Crippen molar-refractivity contribution in [1.29, 1.82) is 0 Å². The molecule has 18 heavy (non-hydrogen) atoms. The lowest BCUT2D eigenvalue weighted by molar-refractivity contribution is -0.225. The number of ether oxygens (including phenoxy) is 1. The van der Waals surface area contributed by atoms with Gasteiger partial charge in [-0.05, 0) is 18.8 Å². The fourth-order valence-corrected chi connectivity index (χ4v) is 3.48. The zero-order valence-corrected chi connectivity index (χ0v) is 12.0. The third-order valence-electron chi connectivity index (χ3n) is 4.73. The predicted octanol–water partition coefficient (Wildman–Crippen LogP) is 1.29. The summed E-state index contributed by atoms with van der Waals surface area (Å²) in [5.41, 5.74) is 5.42. The van der Waals surface area contributed by atoms with Gasteiger partial charge in [-0.15, -0.1) is 0 Å². The van der Waals surface area contributed by atoms with Gasteiger partial charge < -0.3 is 15.8 Å². The molecule has 0 bridgehead atoms. The second-order valence-corrected chi connectivity index (χ2v) is 6.73. The fourth-order valence-electron chi connectivity index (χ4n) is 3.48. The molecule has 3 atom stereocenters. The third kappa shape index (κ3) is 1.77. The number of amides is 1. The number of hydrogen-bond donors (Lipinski definition) is 2. The Morgan fingerprint density at radius 2 is 2.17 bits per heavy atom. The molecule has 1 aliphatic carbocycles. The molecular weight excluding hydrogens is 228 g/mol. The van der Waals surface area contributed by atoms with E-state index in [9.17, 15) is 4.79 Å². The van der Waals surface area contributed by atoms with Crippen molar-refractivity contribution >= 4 is 5.91 Å². The van der Waals surface area contributed by atoms with Gasteiger partial charge in [-0.25, -0.2) is 0 Å². The van der Waals surface area contributed by atoms with Crippen molar-refractivity contribution in [3.05, 3.63) is 0 Å². The summed E-state index contributed by atoms with van der Waals surface area (Å²) in [6.45, 7) is 9.76. The first-order valence-electron chi connectivity index (χ1n) is 7.00. The summed E-state index contributed by atoms with van der Waals surface area (Å²) in [4.78, 5) is 12.4. The van der Waals surface area contributed by atoms with Crippen molar-refractivity contribution in [2.24, 2.45) is 23.0 Å². The smallest absolute Gasteiger partial charge is 0.241 e. The van der Waals surface area contributed by atoms with Crippen molar-refractivity contribution in [2.75, 3.05) is 13.2 Å². The first kappa shape index (κ1) is 13.8. The quantitative estimate of drug-likeness (QED) is 0.797. The Hall–Kier alpha value is -0.610. The van der Waals surface area contributed by atoms with Crippen LogP contribution in [0, 0.1) is 17.3 Å². The Morgan fingerprint density at radius 1 is 1.50 bits per heavy atom. The monoisotopic (exact) mass is 254 g/mol. The zero-order chi connectivity index (χ0) is 13.6. The Balaban J connectivity index is 2.11. The summed E-state index contributed by atoms with van der Waals surface area (Å²) < 4.78 is 5.80. The highest BCUT2D eigenvalue weighted by Crippen LogP contribution is 2.57. The van der Waals surface area contributed by atoms with E-state index >= 15 is 0 Å². The average molecular weight is 254 g/mol. The first-order valence-corrected chi connectivity index (χ1v) is 7.00. The largest absolute Gasteiger partial charge is 0.377 e. The molecule has 0 aromatic rings. The Kier molecular flexibility index (Phi) is 3.45. The van der Waals surface area contributed by atoms with Crippen LogP contribution in [0.3, 0.4) is 0 Å². The van der Waals surface area contributed by atoms with Crippen LogP contribution in [-0.2, 0) is 9.53 Å². The molecule has 1 aliphatic heterocycles. The lowest BCUT2D eigenvalue weighted by Crippen LogP contribution is -2.82. The van der Waals surface area contributed by atoms with Crippen LogP contribution in [0.5, 0.6) is 0 Å². The molecule has 0 aromatic carbocycles. The lowest BCUT2D eigenvalue weighted by atomic mass is 9.46. The summed E-state index contributed by atoms with van der Waals surface area (Å²) in [6, 6.07) is 0. The zero-order valence-electron chi connectivity index (χ0n) is 12.0. The van der Waals surface area contributed by atoms with Crippen molar-refractivity contribution in [1.82, 2.24) is 5.32 Å². The average Bonchev–Trinajstić information content (AvgIpc) is 2.34. The van der Waals surface area contributed by atoms with Gasteiger partial charge in [-0.2, -0.15) is 0 Å².